The minimum absolute atomic E-state index is 0. The van der Waals surface area contributed by atoms with Crippen LogP contribution in [0.1, 0.15) is 28.8 Å². The standard InChI is InChI=1S/C20H16N.C7H9.CH3Cl.Zr/c1-2-7-15-13-16(12-14(15)6-1)21-19-10-4-3-8-17(19)18-9-5-11-20(18)21;1-6-4-3-5-7(6)2;1-2;/h1-4,6-8,10,12-13H,5,9,11H2;3-5H,1-2H3;1H3;/q2*-1;;+2. The van der Waals surface area contributed by atoms with E-state index in [1.54, 1.807) is 5.56 Å². The minimum atomic E-state index is 0. The van der Waals surface area contributed by atoms with Crippen molar-refractivity contribution >= 4 is 33.3 Å². The van der Waals surface area contributed by atoms with E-state index in [1.165, 1.54) is 69.8 Å². The van der Waals surface area contributed by atoms with E-state index in [-0.39, 0.29) is 26.2 Å². The summed E-state index contributed by atoms with van der Waals surface area (Å²) in [4.78, 5) is 0. The number of halogens is 1. The maximum atomic E-state index is 4.64. The summed E-state index contributed by atoms with van der Waals surface area (Å²) in [5, 5.41) is 4.10. The molecule has 0 bridgehead atoms. The SMILES string of the molecule is CCl.Cc1ccc[c-]1C.[Zr+2].c1ccc2[cH-]c(-n3c4c(c5ccccc53)CCC4)cc2c1. The van der Waals surface area contributed by atoms with Gasteiger partial charge in [0.25, 0.3) is 0 Å². The Morgan fingerprint density at radius 3 is 2.35 bits per heavy atom. The smallest absolute Gasteiger partial charge is 0.332 e. The fourth-order valence-electron chi connectivity index (χ4n) is 4.49. The molecule has 0 amide bonds. The van der Waals surface area contributed by atoms with Crippen molar-refractivity contribution in [2.75, 3.05) is 6.38 Å². The topological polar surface area (TPSA) is 4.93 Å². The van der Waals surface area contributed by atoms with Crippen molar-refractivity contribution in [3.8, 4) is 5.69 Å². The van der Waals surface area contributed by atoms with Gasteiger partial charge in [0.1, 0.15) is 0 Å². The van der Waals surface area contributed by atoms with Crippen molar-refractivity contribution in [1.82, 2.24) is 4.57 Å². The second-order valence-corrected chi connectivity index (χ2v) is 7.87. The molecule has 1 nitrogen and oxygen atoms in total. The molecule has 0 fully saturated rings. The Hall–Kier alpha value is -1.89. The third-order valence-electron chi connectivity index (χ3n) is 6.10. The number of benzene rings is 2. The van der Waals surface area contributed by atoms with Crippen LogP contribution < -0.4 is 0 Å². The second-order valence-electron chi connectivity index (χ2n) is 7.87. The maximum absolute atomic E-state index is 4.64. The van der Waals surface area contributed by atoms with Gasteiger partial charge in [-0.2, -0.15) is 17.2 Å². The van der Waals surface area contributed by atoms with Crippen LogP contribution in [0.2, 0.25) is 0 Å². The predicted molar refractivity (Wildman–Crippen MR) is 132 cm³/mol. The first-order chi connectivity index (χ1) is 14.7. The number of fused-ring (bicyclic) bond motifs is 4. The van der Waals surface area contributed by atoms with Crippen LogP contribution in [0.5, 0.6) is 0 Å². The van der Waals surface area contributed by atoms with Gasteiger partial charge >= 0.3 is 26.2 Å². The Bertz CT molecular complexity index is 1220. The third kappa shape index (κ3) is 4.66. The van der Waals surface area contributed by atoms with E-state index in [0.717, 1.165) is 0 Å². The molecule has 6 rings (SSSR count). The van der Waals surface area contributed by atoms with Gasteiger partial charge in [-0.3, -0.25) is 0 Å². The van der Waals surface area contributed by atoms with Crippen LogP contribution in [0.25, 0.3) is 27.4 Å². The Kier molecular flexibility index (Phi) is 8.14. The molecule has 4 aromatic carbocycles. The van der Waals surface area contributed by atoms with E-state index in [1.807, 2.05) is 0 Å². The van der Waals surface area contributed by atoms with Gasteiger partial charge in [0.15, 0.2) is 0 Å². The Labute approximate surface area is 209 Å². The van der Waals surface area contributed by atoms with E-state index in [0.29, 0.717) is 0 Å². The van der Waals surface area contributed by atoms with Crippen molar-refractivity contribution in [1.29, 1.82) is 0 Å². The molecule has 3 heteroatoms. The minimum Gasteiger partial charge on any atom is -0.332 e. The molecule has 0 saturated carbocycles. The summed E-state index contributed by atoms with van der Waals surface area (Å²) >= 11 is 4.64. The maximum Gasteiger partial charge on any atom is 2.00 e. The zero-order chi connectivity index (χ0) is 21.1. The molecular formula is C28H28ClNZr. The van der Waals surface area contributed by atoms with E-state index in [9.17, 15) is 0 Å². The zero-order valence-corrected chi connectivity index (χ0v) is 21.7. The molecule has 5 aromatic rings. The summed E-state index contributed by atoms with van der Waals surface area (Å²) in [6, 6.07) is 28.4. The van der Waals surface area contributed by atoms with Crippen molar-refractivity contribution in [2.45, 2.75) is 33.1 Å². The van der Waals surface area contributed by atoms with Gasteiger partial charge in [-0.1, -0.05) is 38.1 Å². The van der Waals surface area contributed by atoms with Gasteiger partial charge in [-0.05, 0) is 36.6 Å². The predicted octanol–water partition coefficient (Wildman–Crippen LogP) is 7.87. The number of rotatable bonds is 1. The van der Waals surface area contributed by atoms with E-state index in [4.69, 9.17) is 0 Å². The molecule has 156 valence electrons. The fourth-order valence-corrected chi connectivity index (χ4v) is 4.49. The van der Waals surface area contributed by atoms with Crippen LogP contribution in [0.3, 0.4) is 0 Å². The summed E-state index contributed by atoms with van der Waals surface area (Å²) in [5.74, 6) is 0. The first kappa shape index (κ1) is 23.8. The summed E-state index contributed by atoms with van der Waals surface area (Å²) < 4.78 is 2.48. The molecular weight excluding hydrogens is 477 g/mol. The number of nitrogens with zero attached hydrogens (tertiary/aromatic N) is 1. The molecule has 1 heterocycles. The van der Waals surface area contributed by atoms with E-state index in [2.05, 4.69) is 109 Å². The number of hydrogen-bond acceptors (Lipinski definition) is 0. The molecule has 1 aliphatic carbocycles. The molecule has 1 aromatic heterocycles. The fraction of sp³-hybridized carbons (Fsp3) is 0.214. The van der Waals surface area contributed by atoms with E-state index < -0.39 is 0 Å². The molecule has 0 atom stereocenters. The monoisotopic (exact) mass is 503 g/mol. The largest absolute Gasteiger partial charge is 2.00 e. The second kappa shape index (κ2) is 10.6. The van der Waals surface area contributed by atoms with Crippen LogP contribution in [0, 0.1) is 13.8 Å². The van der Waals surface area contributed by atoms with Crippen molar-refractivity contribution in [3.05, 3.63) is 101 Å². The van der Waals surface area contributed by atoms with Crippen LogP contribution >= 0.6 is 11.6 Å². The molecule has 0 spiro atoms. The molecule has 0 unspecified atom stereocenters. The quantitative estimate of drug-likeness (QED) is 0.162. The summed E-state index contributed by atoms with van der Waals surface area (Å²) in [6.45, 7) is 4.24. The van der Waals surface area contributed by atoms with Gasteiger partial charge in [-0.15, -0.1) is 52.7 Å². The number of para-hydroxylation sites is 1. The molecule has 0 N–H and O–H groups in total. The average molecular weight is 505 g/mol. The molecule has 0 aliphatic heterocycles. The van der Waals surface area contributed by atoms with Gasteiger partial charge < -0.3 is 4.57 Å². The summed E-state index contributed by atoms with van der Waals surface area (Å²) in [5.41, 5.74) is 8.54. The van der Waals surface area contributed by atoms with Crippen LogP contribution in [0.4, 0.5) is 0 Å². The number of alkyl halides is 1. The number of hydrogen-bond donors (Lipinski definition) is 0. The molecule has 31 heavy (non-hydrogen) atoms. The Balaban J connectivity index is 0.000000233. The van der Waals surface area contributed by atoms with Gasteiger partial charge in [0.2, 0.25) is 0 Å². The van der Waals surface area contributed by atoms with Crippen LogP contribution in [-0.4, -0.2) is 11.0 Å². The molecule has 0 radical (unpaired) electrons. The first-order valence-corrected chi connectivity index (χ1v) is 11.3. The number of aryl methyl sites for hydroxylation is 3. The molecule has 1 aliphatic rings. The number of aromatic nitrogens is 1. The average Bonchev–Trinajstić information content (AvgIpc) is 3.54. The summed E-state index contributed by atoms with van der Waals surface area (Å²) in [6.07, 6.45) is 5.18. The van der Waals surface area contributed by atoms with Crippen molar-refractivity contribution < 1.29 is 26.2 Å². The molecule has 0 saturated heterocycles. The zero-order valence-electron chi connectivity index (χ0n) is 18.5. The summed E-state index contributed by atoms with van der Waals surface area (Å²) in [7, 11) is 0. The van der Waals surface area contributed by atoms with E-state index >= 15 is 0 Å². The first-order valence-electron chi connectivity index (χ1n) is 10.6. The Morgan fingerprint density at radius 1 is 0.935 bits per heavy atom. The van der Waals surface area contributed by atoms with Gasteiger partial charge in [0.05, 0.1) is 5.52 Å². The van der Waals surface area contributed by atoms with Crippen molar-refractivity contribution in [2.24, 2.45) is 0 Å². The van der Waals surface area contributed by atoms with Gasteiger partial charge in [0, 0.05) is 17.5 Å². The van der Waals surface area contributed by atoms with Crippen LogP contribution in [0.15, 0.2) is 78.9 Å². The Morgan fingerprint density at radius 2 is 1.68 bits per heavy atom. The van der Waals surface area contributed by atoms with Gasteiger partial charge in [-0.25, -0.2) is 12.1 Å². The van der Waals surface area contributed by atoms with Crippen LogP contribution in [-0.2, 0) is 39.0 Å². The third-order valence-corrected chi connectivity index (χ3v) is 6.10. The normalized spacial score (nSPS) is 11.9. The van der Waals surface area contributed by atoms with Crippen molar-refractivity contribution in [3.63, 3.8) is 0 Å².